The van der Waals surface area contributed by atoms with Crippen molar-refractivity contribution in [3.8, 4) is 0 Å². The molecule has 2 rings (SSSR count). The maximum Gasteiger partial charge on any atom is 0.325 e. The molecular weight excluding hydrogens is 308 g/mol. The number of carbonyl (C=O) groups is 3. The molecule has 1 fully saturated rings. The van der Waals surface area contributed by atoms with E-state index in [2.05, 4.69) is 5.32 Å². The van der Waals surface area contributed by atoms with E-state index in [1.807, 2.05) is 32.0 Å². The molecule has 6 nitrogen and oxygen atoms in total. The third-order valence-electron chi connectivity index (χ3n) is 4.28. The monoisotopic (exact) mass is 332 g/mol. The number of aryl methyl sites for hydroxylation is 2. The summed E-state index contributed by atoms with van der Waals surface area (Å²) in [7, 11) is 0. The molecule has 2 unspecified atom stereocenters. The number of benzene rings is 1. The zero-order valence-electron chi connectivity index (χ0n) is 14.3. The fourth-order valence-electron chi connectivity index (χ4n) is 3.05. The van der Waals surface area contributed by atoms with Crippen molar-refractivity contribution >= 4 is 17.8 Å². The normalized spacial score (nSPS) is 18.8. The van der Waals surface area contributed by atoms with Gasteiger partial charge in [-0.05, 0) is 45.7 Å². The van der Waals surface area contributed by atoms with Gasteiger partial charge in [0.1, 0.15) is 6.04 Å². The number of nitrogens with zero attached hydrogens (tertiary/aromatic N) is 1. The van der Waals surface area contributed by atoms with Gasteiger partial charge in [0.05, 0.1) is 5.92 Å². The quantitative estimate of drug-likeness (QED) is 0.879. The first-order valence-electron chi connectivity index (χ1n) is 8.18. The smallest absolute Gasteiger partial charge is 0.325 e. The van der Waals surface area contributed by atoms with Gasteiger partial charge < -0.3 is 15.3 Å². The van der Waals surface area contributed by atoms with Crippen molar-refractivity contribution in [1.29, 1.82) is 0 Å². The highest BCUT2D eigenvalue weighted by Crippen LogP contribution is 2.20. The summed E-state index contributed by atoms with van der Waals surface area (Å²) in [6.07, 6.45) is 1.39. The van der Waals surface area contributed by atoms with Crippen LogP contribution in [0.3, 0.4) is 0 Å². The molecule has 1 aromatic carbocycles. The molecule has 6 heteroatoms. The van der Waals surface area contributed by atoms with Gasteiger partial charge in [-0.3, -0.25) is 14.4 Å². The summed E-state index contributed by atoms with van der Waals surface area (Å²) in [5, 5.41) is 11.4. The summed E-state index contributed by atoms with van der Waals surface area (Å²) in [6.45, 7) is 6.27. The van der Waals surface area contributed by atoms with Gasteiger partial charge in [0.25, 0.3) is 5.91 Å². The molecule has 0 aromatic heterocycles. The van der Waals surface area contributed by atoms with Crippen LogP contribution >= 0.6 is 0 Å². The average Bonchev–Trinajstić information content (AvgIpc) is 2.53. The van der Waals surface area contributed by atoms with Gasteiger partial charge >= 0.3 is 5.97 Å². The maximum absolute atomic E-state index is 12.7. The minimum Gasteiger partial charge on any atom is -0.480 e. The number of likely N-dealkylation sites (tertiary alicyclic amines) is 1. The maximum atomic E-state index is 12.7. The average molecular weight is 332 g/mol. The minimum atomic E-state index is -1.07. The van der Waals surface area contributed by atoms with Crippen LogP contribution in [0.5, 0.6) is 0 Å². The summed E-state index contributed by atoms with van der Waals surface area (Å²) in [6, 6.07) is 4.79. The predicted octanol–water partition coefficient (Wildman–Crippen LogP) is 1.74. The number of rotatable bonds is 4. The lowest BCUT2D eigenvalue weighted by atomic mass is 9.95. The Kier molecular flexibility index (Phi) is 5.59. The molecule has 1 aliphatic rings. The molecule has 0 radical (unpaired) electrons. The van der Waals surface area contributed by atoms with Crippen molar-refractivity contribution in [1.82, 2.24) is 10.2 Å². The Morgan fingerprint density at radius 2 is 1.83 bits per heavy atom. The highest BCUT2D eigenvalue weighted by Gasteiger charge is 2.30. The number of piperidine rings is 1. The van der Waals surface area contributed by atoms with E-state index in [9.17, 15) is 14.4 Å². The van der Waals surface area contributed by atoms with Gasteiger partial charge in [-0.25, -0.2) is 0 Å². The lowest BCUT2D eigenvalue weighted by molar-refractivity contribution is -0.142. The highest BCUT2D eigenvalue weighted by atomic mass is 16.4. The summed E-state index contributed by atoms with van der Waals surface area (Å²) >= 11 is 0. The molecule has 2 amide bonds. The Balaban J connectivity index is 2.05. The topological polar surface area (TPSA) is 86.7 Å². The van der Waals surface area contributed by atoms with E-state index in [1.54, 1.807) is 4.90 Å². The molecular formula is C18H24N2O4. The Hall–Kier alpha value is -2.37. The van der Waals surface area contributed by atoms with Crippen LogP contribution in [0.4, 0.5) is 0 Å². The van der Waals surface area contributed by atoms with E-state index >= 15 is 0 Å². The third kappa shape index (κ3) is 4.34. The van der Waals surface area contributed by atoms with E-state index in [0.717, 1.165) is 17.5 Å². The molecule has 0 bridgehead atoms. The summed E-state index contributed by atoms with van der Waals surface area (Å²) in [5.74, 6) is -1.81. The molecule has 0 spiro atoms. The molecule has 0 aliphatic carbocycles. The molecule has 1 aliphatic heterocycles. The number of hydrogen-bond donors (Lipinski definition) is 2. The number of hydrogen-bond acceptors (Lipinski definition) is 3. The fourth-order valence-corrected chi connectivity index (χ4v) is 3.05. The molecule has 130 valence electrons. The molecule has 24 heavy (non-hydrogen) atoms. The number of aliphatic carboxylic acids is 1. The van der Waals surface area contributed by atoms with E-state index in [-0.39, 0.29) is 17.7 Å². The zero-order valence-corrected chi connectivity index (χ0v) is 14.3. The molecule has 0 saturated carbocycles. The highest BCUT2D eigenvalue weighted by molar-refractivity contribution is 5.95. The number of carboxylic acids is 1. The van der Waals surface area contributed by atoms with Gasteiger partial charge in [-0.2, -0.15) is 0 Å². The van der Waals surface area contributed by atoms with Crippen molar-refractivity contribution in [3.05, 3.63) is 34.9 Å². The number of carboxylic acid groups (broad SMARTS) is 1. The van der Waals surface area contributed by atoms with Crippen LogP contribution < -0.4 is 5.32 Å². The predicted molar refractivity (Wildman–Crippen MR) is 89.8 cm³/mol. The molecule has 1 heterocycles. The van der Waals surface area contributed by atoms with Gasteiger partial charge in [0.15, 0.2) is 0 Å². The van der Waals surface area contributed by atoms with Crippen molar-refractivity contribution in [2.75, 3.05) is 13.1 Å². The van der Waals surface area contributed by atoms with Crippen LogP contribution in [0.15, 0.2) is 18.2 Å². The van der Waals surface area contributed by atoms with Crippen LogP contribution in [0.1, 0.15) is 41.3 Å². The van der Waals surface area contributed by atoms with Gasteiger partial charge in [-0.1, -0.05) is 17.2 Å². The first-order chi connectivity index (χ1) is 11.3. The first kappa shape index (κ1) is 18.0. The van der Waals surface area contributed by atoms with Gasteiger partial charge in [-0.15, -0.1) is 0 Å². The van der Waals surface area contributed by atoms with Crippen molar-refractivity contribution in [2.45, 2.75) is 39.7 Å². The fraction of sp³-hybridized carbons (Fsp3) is 0.500. The van der Waals surface area contributed by atoms with E-state index in [4.69, 9.17) is 5.11 Å². The van der Waals surface area contributed by atoms with Crippen LogP contribution in [0, 0.1) is 19.8 Å². The van der Waals surface area contributed by atoms with Gasteiger partial charge in [0.2, 0.25) is 5.91 Å². The standard InChI is InChI=1S/C18H24N2O4/c1-11-7-12(2)9-15(8-11)17(22)20-6-4-5-14(10-20)16(21)19-13(3)18(23)24/h7-9,13-14H,4-6,10H2,1-3H3,(H,19,21)(H,23,24). The van der Waals surface area contributed by atoms with E-state index < -0.39 is 12.0 Å². The molecule has 1 saturated heterocycles. The Bertz CT molecular complexity index is 636. The molecule has 1 aromatic rings. The van der Waals surface area contributed by atoms with E-state index in [0.29, 0.717) is 25.1 Å². The largest absolute Gasteiger partial charge is 0.480 e. The van der Waals surface area contributed by atoms with Crippen LogP contribution in [0.25, 0.3) is 0 Å². The van der Waals surface area contributed by atoms with Crippen LogP contribution in [0.2, 0.25) is 0 Å². The lowest BCUT2D eigenvalue weighted by Crippen LogP contribution is -2.48. The lowest BCUT2D eigenvalue weighted by Gasteiger charge is -2.32. The number of amides is 2. The second-order valence-corrected chi connectivity index (χ2v) is 6.54. The van der Waals surface area contributed by atoms with Crippen LogP contribution in [-0.2, 0) is 9.59 Å². The zero-order chi connectivity index (χ0) is 17.9. The Morgan fingerprint density at radius 3 is 2.42 bits per heavy atom. The number of carbonyl (C=O) groups excluding carboxylic acids is 2. The molecule has 2 N–H and O–H groups in total. The van der Waals surface area contributed by atoms with Crippen molar-refractivity contribution < 1.29 is 19.5 Å². The van der Waals surface area contributed by atoms with Crippen molar-refractivity contribution in [2.24, 2.45) is 5.92 Å². The second kappa shape index (κ2) is 7.47. The summed E-state index contributed by atoms with van der Waals surface area (Å²) < 4.78 is 0. The Labute approximate surface area is 141 Å². The van der Waals surface area contributed by atoms with E-state index in [1.165, 1.54) is 6.92 Å². The van der Waals surface area contributed by atoms with Gasteiger partial charge in [0, 0.05) is 18.7 Å². The SMILES string of the molecule is Cc1cc(C)cc(C(=O)N2CCCC(C(=O)NC(C)C(=O)O)C2)c1. The second-order valence-electron chi connectivity index (χ2n) is 6.54. The third-order valence-corrected chi connectivity index (χ3v) is 4.28. The summed E-state index contributed by atoms with van der Waals surface area (Å²) in [5.41, 5.74) is 2.69. The van der Waals surface area contributed by atoms with Crippen molar-refractivity contribution in [3.63, 3.8) is 0 Å². The van der Waals surface area contributed by atoms with Crippen LogP contribution in [-0.4, -0.2) is 46.9 Å². The first-order valence-corrected chi connectivity index (χ1v) is 8.18. The minimum absolute atomic E-state index is 0.0782. The number of nitrogens with one attached hydrogen (secondary N) is 1. The Morgan fingerprint density at radius 1 is 1.21 bits per heavy atom. The summed E-state index contributed by atoms with van der Waals surface area (Å²) in [4.78, 5) is 37.5. The molecule has 2 atom stereocenters.